The van der Waals surface area contributed by atoms with Gasteiger partial charge >= 0.3 is 0 Å². The van der Waals surface area contributed by atoms with Gasteiger partial charge in [-0.3, -0.25) is 9.59 Å². The zero-order valence-corrected chi connectivity index (χ0v) is 16.2. The van der Waals surface area contributed by atoms with Crippen LogP contribution in [0, 0.1) is 25.2 Å². The average molecular weight is 377 g/mol. The molecular formula is C22H23N3O3. The molecule has 0 fully saturated rings. The molecule has 6 nitrogen and oxygen atoms in total. The molecule has 0 saturated heterocycles. The number of aryl methyl sites for hydroxylation is 2. The van der Waals surface area contributed by atoms with Crippen LogP contribution in [0.15, 0.2) is 48.0 Å². The number of benzene rings is 2. The number of likely N-dealkylation sites (N-methyl/N-ethyl adjacent to an activating group) is 1. The molecular weight excluding hydrogens is 354 g/mol. The lowest BCUT2D eigenvalue weighted by molar-refractivity contribution is -0.123. The first-order valence-electron chi connectivity index (χ1n) is 8.93. The minimum atomic E-state index is -0.462. The maximum atomic E-state index is 12.5. The number of hydrogen-bond acceptors (Lipinski definition) is 4. The molecule has 0 unspecified atom stereocenters. The highest BCUT2D eigenvalue weighted by atomic mass is 16.5. The maximum Gasteiger partial charge on any atom is 0.266 e. The van der Waals surface area contributed by atoms with E-state index in [1.807, 2.05) is 45.0 Å². The number of hydrogen-bond donors (Lipinski definition) is 2. The van der Waals surface area contributed by atoms with Gasteiger partial charge in [-0.2, -0.15) is 5.26 Å². The predicted octanol–water partition coefficient (Wildman–Crippen LogP) is 3.36. The van der Waals surface area contributed by atoms with Crippen molar-refractivity contribution in [3.63, 3.8) is 0 Å². The second kappa shape index (κ2) is 9.93. The Morgan fingerprint density at radius 3 is 2.32 bits per heavy atom. The third-order valence-corrected chi connectivity index (χ3v) is 4.02. The monoisotopic (exact) mass is 377 g/mol. The highest BCUT2D eigenvalue weighted by molar-refractivity contribution is 6.10. The molecule has 0 saturated carbocycles. The Kier molecular flexibility index (Phi) is 7.35. The topological polar surface area (TPSA) is 91.2 Å². The van der Waals surface area contributed by atoms with Crippen LogP contribution in [-0.2, 0) is 9.59 Å². The molecule has 144 valence electrons. The van der Waals surface area contributed by atoms with Gasteiger partial charge in [-0.15, -0.1) is 0 Å². The summed E-state index contributed by atoms with van der Waals surface area (Å²) in [5, 5.41) is 14.8. The van der Waals surface area contributed by atoms with E-state index >= 15 is 0 Å². The van der Waals surface area contributed by atoms with Crippen LogP contribution < -0.4 is 15.4 Å². The van der Waals surface area contributed by atoms with E-state index in [-0.39, 0.29) is 18.1 Å². The lowest BCUT2D eigenvalue weighted by atomic mass is 10.1. The fraction of sp³-hybridized carbons (Fsp3) is 0.227. The molecule has 28 heavy (non-hydrogen) atoms. The minimum absolute atomic E-state index is 0.00125. The van der Waals surface area contributed by atoms with Crippen molar-refractivity contribution in [3.05, 3.63) is 64.7 Å². The van der Waals surface area contributed by atoms with Crippen LogP contribution in [0.3, 0.4) is 0 Å². The SMILES string of the molecule is CCNC(=O)COc1ccc(C=C(C#N)C(=O)Nc2c(C)cccc2C)cc1. The zero-order chi connectivity index (χ0) is 20.5. The van der Waals surface area contributed by atoms with E-state index in [9.17, 15) is 14.9 Å². The number of amides is 2. The van der Waals surface area contributed by atoms with Crippen molar-refractivity contribution < 1.29 is 14.3 Å². The molecule has 2 N–H and O–H groups in total. The summed E-state index contributed by atoms with van der Waals surface area (Å²) in [6, 6.07) is 14.5. The summed E-state index contributed by atoms with van der Waals surface area (Å²) in [5.41, 5.74) is 3.25. The standard InChI is InChI=1S/C22H23N3O3/c1-4-24-20(26)14-28-19-10-8-17(9-11-19)12-18(13-23)22(27)25-21-15(2)6-5-7-16(21)3/h5-12H,4,14H2,1-3H3,(H,24,26)(H,25,27). The molecule has 0 spiro atoms. The number of anilines is 1. The fourth-order valence-corrected chi connectivity index (χ4v) is 2.57. The molecule has 0 radical (unpaired) electrons. The van der Waals surface area contributed by atoms with E-state index < -0.39 is 5.91 Å². The average Bonchev–Trinajstić information content (AvgIpc) is 2.68. The zero-order valence-electron chi connectivity index (χ0n) is 16.2. The van der Waals surface area contributed by atoms with Crippen molar-refractivity contribution in [3.8, 4) is 11.8 Å². The summed E-state index contributed by atoms with van der Waals surface area (Å²) in [6.07, 6.45) is 1.51. The number of nitriles is 1. The summed E-state index contributed by atoms with van der Waals surface area (Å²) in [6.45, 7) is 6.12. The Hall–Kier alpha value is -3.59. The first-order chi connectivity index (χ1) is 13.4. The lowest BCUT2D eigenvalue weighted by Gasteiger charge is -2.11. The van der Waals surface area contributed by atoms with Crippen molar-refractivity contribution in [2.75, 3.05) is 18.5 Å². The quantitative estimate of drug-likeness (QED) is 0.572. The number of nitrogens with zero attached hydrogens (tertiary/aromatic N) is 1. The number of carbonyl (C=O) groups excluding carboxylic acids is 2. The number of nitrogens with one attached hydrogen (secondary N) is 2. The van der Waals surface area contributed by atoms with Crippen LogP contribution in [0.1, 0.15) is 23.6 Å². The van der Waals surface area contributed by atoms with Crippen LogP contribution in [-0.4, -0.2) is 25.0 Å². The van der Waals surface area contributed by atoms with E-state index in [1.165, 1.54) is 6.08 Å². The van der Waals surface area contributed by atoms with Crippen molar-refractivity contribution in [2.45, 2.75) is 20.8 Å². The van der Waals surface area contributed by atoms with Crippen molar-refractivity contribution in [1.29, 1.82) is 5.26 Å². The van der Waals surface area contributed by atoms with E-state index in [0.717, 1.165) is 11.1 Å². The smallest absolute Gasteiger partial charge is 0.266 e. The van der Waals surface area contributed by atoms with Gasteiger partial charge in [0.1, 0.15) is 17.4 Å². The molecule has 2 aromatic rings. The molecule has 0 atom stereocenters. The van der Waals surface area contributed by atoms with Gasteiger partial charge in [-0.05, 0) is 55.7 Å². The molecule has 2 rings (SSSR count). The molecule has 2 amide bonds. The molecule has 0 aromatic heterocycles. The molecule has 0 aliphatic heterocycles. The van der Waals surface area contributed by atoms with Gasteiger partial charge in [0.2, 0.25) is 0 Å². The van der Waals surface area contributed by atoms with Gasteiger partial charge in [0.25, 0.3) is 11.8 Å². The largest absolute Gasteiger partial charge is 0.484 e. The molecule has 0 aliphatic carbocycles. The first-order valence-corrected chi connectivity index (χ1v) is 8.93. The highest BCUT2D eigenvalue weighted by Gasteiger charge is 2.12. The molecule has 0 heterocycles. The Morgan fingerprint density at radius 2 is 1.75 bits per heavy atom. The molecule has 0 bridgehead atoms. The van der Waals surface area contributed by atoms with Gasteiger partial charge < -0.3 is 15.4 Å². The third kappa shape index (κ3) is 5.71. The highest BCUT2D eigenvalue weighted by Crippen LogP contribution is 2.21. The second-order valence-corrected chi connectivity index (χ2v) is 6.20. The van der Waals surface area contributed by atoms with Crippen molar-refractivity contribution in [1.82, 2.24) is 5.32 Å². The number of ether oxygens (including phenoxy) is 1. The van der Waals surface area contributed by atoms with Crippen LogP contribution in [0.25, 0.3) is 6.08 Å². The summed E-state index contributed by atoms with van der Waals surface area (Å²) in [4.78, 5) is 23.9. The van der Waals surface area contributed by atoms with Gasteiger partial charge in [0, 0.05) is 12.2 Å². The third-order valence-electron chi connectivity index (χ3n) is 4.02. The van der Waals surface area contributed by atoms with E-state index in [1.54, 1.807) is 24.3 Å². The summed E-state index contributed by atoms with van der Waals surface area (Å²) < 4.78 is 5.38. The predicted molar refractivity (Wildman–Crippen MR) is 109 cm³/mol. The second-order valence-electron chi connectivity index (χ2n) is 6.20. The molecule has 6 heteroatoms. The minimum Gasteiger partial charge on any atom is -0.484 e. The van der Waals surface area contributed by atoms with E-state index in [2.05, 4.69) is 10.6 Å². The van der Waals surface area contributed by atoms with Gasteiger partial charge in [-0.1, -0.05) is 30.3 Å². The Balaban J connectivity index is 2.08. The molecule has 2 aromatic carbocycles. The summed E-state index contributed by atoms with van der Waals surface area (Å²) >= 11 is 0. The Bertz CT molecular complexity index is 905. The van der Waals surface area contributed by atoms with Crippen LogP contribution >= 0.6 is 0 Å². The Labute approximate surface area is 164 Å². The van der Waals surface area contributed by atoms with E-state index in [4.69, 9.17) is 4.74 Å². The van der Waals surface area contributed by atoms with Gasteiger partial charge in [0.05, 0.1) is 0 Å². The number of rotatable bonds is 7. The van der Waals surface area contributed by atoms with E-state index in [0.29, 0.717) is 23.5 Å². The summed E-state index contributed by atoms with van der Waals surface area (Å²) in [5.74, 6) is -0.125. The van der Waals surface area contributed by atoms with Gasteiger partial charge in [0.15, 0.2) is 6.61 Å². The first kappa shape index (κ1) is 20.7. The number of para-hydroxylation sites is 1. The Morgan fingerprint density at radius 1 is 1.11 bits per heavy atom. The summed E-state index contributed by atoms with van der Waals surface area (Å²) in [7, 11) is 0. The molecule has 0 aliphatic rings. The van der Waals surface area contributed by atoms with Gasteiger partial charge in [-0.25, -0.2) is 0 Å². The normalized spacial score (nSPS) is 10.7. The van der Waals surface area contributed by atoms with Crippen molar-refractivity contribution >= 4 is 23.6 Å². The fourth-order valence-electron chi connectivity index (χ4n) is 2.57. The van der Waals surface area contributed by atoms with Crippen LogP contribution in [0.5, 0.6) is 5.75 Å². The lowest BCUT2D eigenvalue weighted by Crippen LogP contribution is -2.28. The van der Waals surface area contributed by atoms with Crippen LogP contribution in [0.4, 0.5) is 5.69 Å². The van der Waals surface area contributed by atoms with Crippen molar-refractivity contribution in [2.24, 2.45) is 0 Å². The number of carbonyl (C=O) groups is 2. The van der Waals surface area contributed by atoms with Crippen LogP contribution in [0.2, 0.25) is 0 Å². The maximum absolute atomic E-state index is 12.5.